The van der Waals surface area contributed by atoms with Gasteiger partial charge in [0.2, 0.25) is 0 Å². The summed E-state index contributed by atoms with van der Waals surface area (Å²) in [5.74, 6) is 1.49. The number of nitrogens with zero attached hydrogens (tertiary/aromatic N) is 2. The molecular formula is C20H19N3O. The fraction of sp³-hybridized carbons (Fsp3) is 0.200. The van der Waals surface area contributed by atoms with Crippen LogP contribution in [0.15, 0.2) is 48.5 Å². The third-order valence-electron chi connectivity index (χ3n) is 3.86. The van der Waals surface area contributed by atoms with Gasteiger partial charge >= 0.3 is 0 Å². The van der Waals surface area contributed by atoms with Crippen molar-refractivity contribution in [3.05, 3.63) is 65.4 Å². The van der Waals surface area contributed by atoms with Gasteiger partial charge in [-0.3, -0.25) is 0 Å². The van der Waals surface area contributed by atoms with E-state index in [0.717, 1.165) is 27.8 Å². The van der Waals surface area contributed by atoms with Crippen molar-refractivity contribution in [1.82, 2.24) is 4.98 Å². The van der Waals surface area contributed by atoms with Crippen LogP contribution in [0.2, 0.25) is 0 Å². The van der Waals surface area contributed by atoms with E-state index in [1.165, 1.54) is 0 Å². The molecule has 0 aliphatic carbocycles. The van der Waals surface area contributed by atoms with Crippen LogP contribution in [-0.4, -0.2) is 18.1 Å². The summed E-state index contributed by atoms with van der Waals surface area (Å²) in [6.45, 7) is 4.91. The van der Waals surface area contributed by atoms with Crippen molar-refractivity contribution in [3.8, 4) is 11.8 Å². The molecule has 3 aromatic rings. The lowest BCUT2D eigenvalue weighted by molar-refractivity contribution is 0.336. The Morgan fingerprint density at radius 3 is 2.75 bits per heavy atom. The third-order valence-corrected chi connectivity index (χ3v) is 3.86. The number of nitriles is 1. The van der Waals surface area contributed by atoms with Crippen molar-refractivity contribution in [2.75, 3.05) is 18.5 Å². The molecule has 3 rings (SSSR count). The van der Waals surface area contributed by atoms with Gasteiger partial charge < -0.3 is 10.1 Å². The van der Waals surface area contributed by atoms with Gasteiger partial charge in [-0.2, -0.15) is 5.26 Å². The first-order valence-corrected chi connectivity index (χ1v) is 7.92. The highest BCUT2D eigenvalue weighted by Gasteiger charge is 2.08. The van der Waals surface area contributed by atoms with Crippen molar-refractivity contribution in [3.63, 3.8) is 0 Å². The number of anilines is 1. The Balaban J connectivity index is 1.67. The molecule has 2 aromatic carbocycles. The topological polar surface area (TPSA) is 57.9 Å². The molecule has 0 unspecified atom stereocenters. The number of nitrogens with one attached hydrogen (secondary N) is 1. The van der Waals surface area contributed by atoms with Crippen LogP contribution in [0, 0.1) is 25.2 Å². The van der Waals surface area contributed by atoms with E-state index >= 15 is 0 Å². The molecule has 1 heterocycles. The minimum absolute atomic E-state index is 0.494. The highest BCUT2D eigenvalue weighted by Crippen LogP contribution is 2.25. The number of benzene rings is 2. The molecule has 4 heteroatoms. The Morgan fingerprint density at radius 1 is 1.12 bits per heavy atom. The van der Waals surface area contributed by atoms with Gasteiger partial charge in [0.05, 0.1) is 12.1 Å². The number of hydrogen-bond acceptors (Lipinski definition) is 4. The molecule has 4 nitrogen and oxygen atoms in total. The first-order chi connectivity index (χ1) is 11.7. The van der Waals surface area contributed by atoms with Gasteiger partial charge in [0.25, 0.3) is 0 Å². The lowest BCUT2D eigenvalue weighted by atomic mass is 10.1. The molecule has 24 heavy (non-hydrogen) atoms. The number of hydrogen-bond donors (Lipinski definition) is 1. The Bertz CT molecular complexity index is 907. The predicted octanol–water partition coefficient (Wildman–Crippen LogP) is 4.21. The summed E-state index contributed by atoms with van der Waals surface area (Å²) in [4.78, 5) is 4.41. The molecule has 0 amide bonds. The van der Waals surface area contributed by atoms with Crippen LogP contribution in [0.5, 0.6) is 5.75 Å². The molecule has 0 bridgehead atoms. The van der Waals surface area contributed by atoms with Gasteiger partial charge in [-0.1, -0.05) is 36.4 Å². The summed E-state index contributed by atoms with van der Waals surface area (Å²) in [6, 6.07) is 18.3. The Kier molecular flexibility index (Phi) is 4.62. The highest BCUT2D eigenvalue weighted by atomic mass is 16.5. The highest BCUT2D eigenvalue weighted by molar-refractivity contribution is 5.88. The molecule has 0 aliphatic rings. The fourth-order valence-electron chi connectivity index (χ4n) is 2.76. The number of fused-ring (bicyclic) bond motifs is 1. The van der Waals surface area contributed by atoms with Crippen LogP contribution >= 0.6 is 0 Å². The first-order valence-electron chi connectivity index (χ1n) is 7.92. The molecule has 1 N–H and O–H groups in total. The van der Waals surface area contributed by atoms with E-state index in [4.69, 9.17) is 4.74 Å². The van der Waals surface area contributed by atoms with E-state index in [1.807, 2.05) is 44.2 Å². The van der Waals surface area contributed by atoms with Crippen molar-refractivity contribution in [1.29, 1.82) is 5.26 Å². The smallest absolute Gasteiger partial charge is 0.144 e. The summed E-state index contributed by atoms with van der Waals surface area (Å²) in [5, 5.41) is 14.7. The van der Waals surface area contributed by atoms with Crippen LogP contribution in [0.1, 0.15) is 16.8 Å². The molecule has 0 radical (unpaired) electrons. The van der Waals surface area contributed by atoms with Crippen LogP contribution in [0.4, 0.5) is 5.82 Å². The minimum Gasteiger partial charge on any atom is -0.491 e. The Labute approximate surface area is 141 Å². The average Bonchev–Trinajstić information content (AvgIpc) is 2.58. The monoisotopic (exact) mass is 317 g/mol. The number of ether oxygens (including phenoxy) is 1. The quantitative estimate of drug-likeness (QED) is 0.716. The van der Waals surface area contributed by atoms with Gasteiger partial charge in [-0.15, -0.1) is 0 Å². The maximum absolute atomic E-state index is 9.28. The van der Waals surface area contributed by atoms with E-state index in [-0.39, 0.29) is 0 Å². The lowest BCUT2D eigenvalue weighted by Crippen LogP contribution is -2.14. The molecule has 0 spiro atoms. The van der Waals surface area contributed by atoms with Crippen molar-refractivity contribution in [2.24, 2.45) is 0 Å². The van der Waals surface area contributed by atoms with E-state index in [0.29, 0.717) is 24.5 Å². The van der Waals surface area contributed by atoms with Crippen molar-refractivity contribution in [2.45, 2.75) is 13.8 Å². The maximum atomic E-state index is 9.28. The Hall–Kier alpha value is -3.06. The van der Waals surface area contributed by atoms with E-state index in [9.17, 15) is 5.26 Å². The molecule has 0 fully saturated rings. The average molecular weight is 317 g/mol. The van der Waals surface area contributed by atoms with Gasteiger partial charge in [0.15, 0.2) is 0 Å². The molecule has 0 aliphatic heterocycles. The van der Waals surface area contributed by atoms with Crippen molar-refractivity contribution >= 4 is 16.6 Å². The summed E-state index contributed by atoms with van der Waals surface area (Å²) in [5.41, 5.74) is 2.41. The lowest BCUT2D eigenvalue weighted by Gasteiger charge is -2.12. The van der Waals surface area contributed by atoms with Gasteiger partial charge in [0, 0.05) is 11.1 Å². The zero-order valence-electron chi connectivity index (χ0n) is 13.8. The fourth-order valence-corrected chi connectivity index (χ4v) is 2.76. The standard InChI is InChI=1S/C20H19N3O/c1-14-12-15(2)23-20(18(14)13-21)22-10-11-24-19-9-5-7-16-6-3-4-8-17(16)19/h3-9,12H,10-11H2,1-2H3,(H,22,23). The zero-order valence-corrected chi connectivity index (χ0v) is 13.8. The van der Waals surface area contributed by atoms with E-state index < -0.39 is 0 Å². The first kappa shape index (κ1) is 15.8. The van der Waals surface area contributed by atoms with Crippen LogP contribution < -0.4 is 10.1 Å². The van der Waals surface area contributed by atoms with Crippen LogP contribution in [0.3, 0.4) is 0 Å². The number of aromatic nitrogens is 1. The second-order valence-electron chi connectivity index (χ2n) is 5.67. The normalized spacial score (nSPS) is 10.4. The largest absolute Gasteiger partial charge is 0.491 e. The van der Waals surface area contributed by atoms with E-state index in [2.05, 4.69) is 34.6 Å². The Morgan fingerprint density at radius 2 is 1.92 bits per heavy atom. The molecule has 0 saturated carbocycles. The SMILES string of the molecule is Cc1cc(C)c(C#N)c(NCCOc2cccc3ccccc23)n1. The molecular weight excluding hydrogens is 298 g/mol. The molecule has 0 atom stereocenters. The molecule has 0 saturated heterocycles. The number of pyridine rings is 1. The third kappa shape index (κ3) is 3.31. The molecule has 1 aromatic heterocycles. The molecule has 120 valence electrons. The van der Waals surface area contributed by atoms with Crippen LogP contribution in [-0.2, 0) is 0 Å². The summed E-state index contributed by atoms with van der Waals surface area (Å²) >= 11 is 0. The second-order valence-corrected chi connectivity index (χ2v) is 5.67. The summed E-state index contributed by atoms with van der Waals surface area (Å²) in [7, 11) is 0. The number of aryl methyl sites for hydroxylation is 2. The maximum Gasteiger partial charge on any atom is 0.144 e. The van der Waals surface area contributed by atoms with Gasteiger partial charge in [-0.25, -0.2) is 4.98 Å². The zero-order chi connectivity index (χ0) is 16.9. The summed E-state index contributed by atoms with van der Waals surface area (Å²) in [6.07, 6.45) is 0. The van der Waals surface area contributed by atoms with E-state index in [1.54, 1.807) is 0 Å². The van der Waals surface area contributed by atoms with Gasteiger partial charge in [-0.05, 0) is 36.9 Å². The number of rotatable bonds is 5. The van der Waals surface area contributed by atoms with Gasteiger partial charge in [0.1, 0.15) is 24.2 Å². The second kappa shape index (κ2) is 7.01. The van der Waals surface area contributed by atoms with Crippen LogP contribution in [0.25, 0.3) is 10.8 Å². The predicted molar refractivity (Wildman–Crippen MR) is 96.4 cm³/mol. The summed E-state index contributed by atoms with van der Waals surface area (Å²) < 4.78 is 5.90. The van der Waals surface area contributed by atoms with Crippen molar-refractivity contribution < 1.29 is 4.74 Å². The minimum atomic E-state index is 0.494.